The van der Waals surface area contributed by atoms with Crippen LogP contribution in [0.25, 0.3) is 0 Å². The molecule has 0 radical (unpaired) electrons. The summed E-state index contributed by atoms with van der Waals surface area (Å²) >= 11 is 23.8. The molecular weight excluding hydrogens is 328 g/mol. The van der Waals surface area contributed by atoms with Gasteiger partial charge in [0.2, 0.25) is 0 Å². The molecule has 0 bridgehead atoms. The zero-order valence-electron chi connectivity index (χ0n) is 9.38. The summed E-state index contributed by atoms with van der Waals surface area (Å²) in [6.07, 6.45) is 0. The molecule has 0 atom stereocenters. The Morgan fingerprint density at radius 3 is 2.00 bits per heavy atom. The fourth-order valence-corrected chi connectivity index (χ4v) is 2.36. The number of para-hydroxylation sites is 1. The van der Waals surface area contributed by atoms with Gasteiger partial charge < -0.3 is 5.32 Å². The van der Waals surface area contributed by atoms with E-state index in [0.717, 1.165) is 0 Å². The fourth-order valence-electron chi connectivity index (χ4n) is 1.48. The van der Waals surface area contributed by atoms with Crippen LogP contribution in [0.2, 0.25) is 20.1 Å². The molecule has 0 fully saturated rings. The third-order valence-electron chi connectivity index (χ3n) is 2.40. The lowest BCUT2D eigenvalue weighted by atomic mass is 10.2. The number of benzene rings is 2. The first kappa shape index (κ1) is 14.5. The van der Waals surface area contributed by atoms with Crippen molar-refractivity contribution in [3.05, 3.63) is 62.1 Å². The molecule has 0 saturated heterocycles. The van der Waals surface area contributed by atoms with Crippen molar-refractivity contribution >= 4 is 58.0 Å². The highest BCUT2D eigenvalue weighted by Gasteiger charge is 2.15. The van der Waals surface area contributed by atoms with E-state index >= 15 is 0 Å². The first-order valence-corrected chi connectivity index (χ1v) is 6.71. The SMILES string of the molecule is O=C(Nc1c(Cl)cccc1Cl)c1cccc(Cl)c1Cl. The van der Waals surface area contributed by atoms with Crippen LogP contribution in [0, 0.1) is 0 Å². The summed E-state index contributed by atoms with van der Waals surface area (Å²) in [6, 6.07) is 9.74. The number of hydrogen-bond donors (Lipinski definition) is 1. The number of hydrogen-bond acceptors (Lipinski definition) is 1. The zero-order valence-corrected chi connectivity index (χ0v) is 12.4. The van der Waals surface area contributed by atoms with Gasteiger partial charge in [0.1, 0.15) is 0 Å². The molecule has 0 heterocycles. The maximum Gasteiger partial charge on any atom is 0.257 e. The van der Waals surface area contributed by atoms with Crippen molar-refractivity contribution in [2.45, 2.75) is 0 Å². The number of carbonyl (C=O) groups excluding carboxylic acids is 1. The van der Waals surface area contributed by atoms with Gasteiger partial charge in [-0.2, -0.15) is 0 Å². The molecule has 19 heavy (non-hydrogen) atoms. The second-order valence-corrected chi connectivity index (χ2v) is 5.25. The Balaban J connectivity index is 2.34. The molecule has 0 aliphatic carbocycles. The highest BCUT2D eigenvalue weighted by molar-refractivity contribution is 6.44. The van der Waals surface area contributed by atoms with E-state index in [9.17, 15) is 4.79 Å². The smallest absolute Gasteiger partial charge is 0.257 e. The lowest BCUT2D eigenvalue weighted by molar-refractivity contribution is 0.102. The highest BCUT2D eigenvalue weighted by atomic mass is 35.5. The molecule has 1 amide bonds. The van der Waals surface area contributed by atoms with Crippen molar-refractivity contribution in [1.82, 2.24) is 0 Å². The van der Waals surface area contributed by atoms with Crippen molar-refractivity contribution in [3.8, 4) is 0 Å². The van der Waals surface area contributed by atoms with Gasteiger partial charge >= 0.3 is 0 Å². The first-order valence-electron chi connectivity index (χ1n) is 5.20. The Morgan fingerprint density at radius 2 is 1.37 bits per heavy atom. The van der Waals surface area contributed by atoms with E-state index in [2.05, 4.69) is 5.32 Å². The van der Waals surface area contributed by atoms with E-state index in [1.54, 1.807) is 36.4 Å². The minimum absolute atomic E-state index is 0.185. The van der Waals surface area contributed by atoms with Crippen LogP contribution in [0.4, 0.5) is 5.69 Å². The molecule has 0 aliphatic rings. The van der Waals surface area contributed by atoms with E-state index in [-0.39, 0.29) is 10.6 Å². The van der Waals surface area contributed by atoms with Crippen LogP contribution in [0.5, 0.6) is 0 Å². The molecule has 0 aliphatic heterocycles. The van der Waals surface area contributed by atoms with Crippen LogP contribution < -0.4 is 5.32 Å². The van der Waals surface area contributed by atoms with E-state index < -0.39 is 5.91 Å². The van der Waals surface area contributed by atoms with Gasteiger partial charge in [-0.3, -0.25) is 4.79 Å². The number of rotatable bonds is 2. The molecular formula is C13H7Cl4NO. The Kier molecular flexibility index (Phi) is 4.58. The van der Waals surface area contributed by atoms with E-state index in [0.29, 0.717) is 20.8 Å². The predicted molar refractivity (Wildman–Crippen MR) is 80.9 cm³/mol. The Hall–Kier alpha value is -0.930. The third kappa shape index (κ3) is 3.15. The van der Waals surface area contributed by atoms with Crippen molar-refractivity contribution in [3.63, 3.8) is 0 Å². The van der Waals surface area contributed by atoms with Crippen molar-refractivity contribution < 1.29 is 4.79 Å². The van der Waals surface area contributed by atoms with Crippen LogP contribution >= 0.6 is 46.4 Å². The topological polar surface area (TPSA) is 29.1 Å². The highest BCUT2D eigenvalue weighted by Crippen LogP contribution is 2.31. The molecule has 0 spiro atoms. The summed E-state index contributed by atoms with van der Waals surface area (Å²) in [7, 11) is 0. The van der Waals surface area contributed by atoms with E-state index in [1.165, 1.54) is 0 Å². The minimum Gasteiger partial charge on any atom is -0.319 e. The van der Waals surface area contributed by atoms with Crippen LogP contribution in [-0.2, 0) is 0 Å². The lowest BCUT2D eigenvalue weighted by Crippen LogP contribution is -2.13. The maximum atomic E-state index is 12.1. The van der Waals surface area contributed by atoms with Crippen molar-refractivity contribution in [1.29, 1.82) is 0 Å². The molecule has 2 aromatic rings. The summed E-state index contributed by atoms with van der Waals surface area (Å²) in [4.78, 5) is 12.1. The third-order valence-corrected chi connectivity index (χ3v) is 3.85. The number of nitrogens with one attached hydrogen (secondary N) is 1. The van der Waals surface area contributed by atoms with Gasteiger partial charge in [0.15, 0.2) is 0 Å². The molecule has 98 valence electrons. The molecule has 6 heteroatoms. The Bertz CT molecular complexity index is 622. The standard InChI is InChI=1S/C13H7Cl4NO/c14-8-4-1-3-7(11(8)17)13(19)18-12-9(15)5-2-6-10(12)16/h1-6H,(H,18,19). The maximum absolute atomic E-state index is 12.1. The zero-order chi connectivity index (χ0) is 14.0. The van der Waals surface area contributed by atoms with E-state index in [4.69, 9.17) is 46.4 Å². The normalized spacial score (nSPS) is 10.3. The van der Waals surface area contributed by atoms with Gasteiger partial charge in [-0.25, -0.2) is 0 Å². The summed E-state index contributed by atoms with van der Waals surface area (Å²) in [6.45, 7) is 0. The van der Waals surface area contributed by atoms with Crippen molar-refractivity contribution in [2.24, 2.45) is 0 Å². The molecule has 0 saturated carbocycles. The summed E-state index contributed by atoms with van der Waals surface area (Å²) in [5.74, 6) is -0.428. The molecule has 0 unspecified atom stereocenters. The van der Waals surface area contributed by atoms with Gasteiger partial charge in [0.25, 0.3) is 5.91 Å². The largest absolute Gasteiger partial charge is 0.319 e. The molecule has 1 N–H and O–H groups in total. The summed E-state index contributed by atoms with van der Waals surface area (Å²) in [5.41, 5.74) is 0.594. The Labute approximate surface area is 130 Å². The fraction of sp³-hybridized carbons (Fsp3) is 0. The average molecular weight is 335 g/mol. The minimum atomic E-state index is -0.428. The molecule has 0 aromatic heterocycles. The van der Waals surface area contributed by atoms with Crippen LogP contribution in [0.1, 0.15) is 10.4 Å². The van der Waals surface area contributed by atoms with Gasteiger partial charge in [-0.15, -0.1) is 0 Å². The molecule has 2 aromatic carbocycles. The van der Waals surface area contributed by atoms with Crippen LogP contribution in [0.3, 0.4) is 0 Å². The number of halogens is 4. The number of amides is 1. The predicted octanol–water partition coefficient (Wildman–Crippen LogP) is 5.55. The average Bonchev–Trinajstić information content (AvgIpc) is 2.37. The van der Waals surface area contributed by atoms with Crippen LogP contribution in [-0.4, -0.2) is 5.91 Å². The second-order valence-electron chi connectivity index (χ2n) is 3.65. The number of anilines is 1. The van der Waals surface area contributed by atoms with E-state index in [1.807, 2.05) is 0 Å². The Morgan fingerprint density at radius 1 is 0.842 bits per heavy atom. The first-order chi connectivity index (χ1) is 9.00. The van der Waals surface area contributed by atoms with Crippen LogP contribution in [0.15, 0.2) is 36.4 Å². The molecule has 2 rings (SSSR count). The van der Waals surface area contributed by atoms with Crippen molar-refractivity contribution in [2.75, 3.05) is 5.32 Å². The monoisotopic (exact) mass is 333 g/mol. The number of carbonyl (C=O) groups is 1. The summed E-state index contributed by atoms with van der Waals surface area (Å²) < 4.78 is 0. The van der Waals surface area contributed by atoms with Gasteiger partial charge in [-0.1, -0.05) is 58.5 Å². The second kappa shape index (κ2) is 6.02. The van der Waals surface area contributed by atoms with Gasteiger partial charge in [0, 0.05) is 0 Å². The molecule has 2 nitrogen and oxygen atoms in total. The summed E-state index contributed by atoms with van der Waals surface area (Å²) in [5, 5.41) is 3.80. The van der Waals surface area contributed by atoms with Gasteiger partial charge in [0.05, 0.1) is 31.3 Å². The quantitative estimate of drug-likeness (QED) is 0.766. The van der Waals surface area contributed by atoms with Gasteiger partial charge in [-0.05, 0) is 24.3 Å². The lowest BCUT2D eigenvalue weighted by Gasteiger charge is -2.10.